The third kappa shape index (κ3) is 1.17. The average molecular weight is 180 g/mol. The molecule has 3 fully saturated rings. The maximum Gasteiger partial charge on any atom is -0.0295 e. The summed E-state index contributed by atoms with van der Waals surface area (Å²) in [7, 11) is 0. The normalized spacial score (nSPS) is 47.5. The molecule has 0 aromatic carbocycles. The Labute approximate surface area is 83.1 Å². The zero-order valence-electron chi connectivity index (χ0n) is 9.80. The molecule has 3 aliphatic rings. The minimum absolute atomic E-state index is 0.671. The molecule has 0 saturated heterocycles. The van der Waals surface area contributed by atoms with E-state index >= 15 is 0 Å². The monoisotopic (exact) mass is 180 g/mol. The van der Waals surface area contributed by atoms with Crippen LogP contribution >= 0.6 is 0 Å². The van der Waals surface area contributed by atoms with E-state index in [1.807, 2.05) is 0 Å². The molecule has 0 amide bonds. The lowest BCUT2D eigenvalue weighted by Crippen LogP contribution is -2.55. The largest absolute Gasteiger partial charge is 0.0625 e. The topological polar surface area (TPSA) is 0 Å². The molecule has 0 heterocycles. The highest BCUT2D eigenvalue weighted by molar-refractivity contribution is 5.05. The zero-order chi connectivity index (χ0) is 9.80. The molecule has 0 aliphatic heterocycles. The fourth-order valence-electron chi connectivity index (χ4n) is 4.07. The van der Waals surface area contributed by atoms with Crippen LogP contribution in [0, 0.1) is 35.0 Å². The summed E-state index contributed by atoms with van der Waals surface area (Å²) in [6, 6.07) is 0. The van der Waals surface area contributed by atoms with E-state index in [-0.39, 0.29) is 0 Å². The summed E-state index contributed by atoms with van der Waals surface area (Å²) in [5, 5.41) is 0. The van der Waals surface area contributed by atoms with Crippen molar-refractivity contribution in [3.05, 3.63) is 0 Å². The molecule has 3 rings (SSSR count). The van der Waals surface area contributed by atoms with Crippen LogP contribution < -0.4 is 0 Å². The lowest BCUT2D eigenvalue weighted by molar-refractivity contribution is -0.137. The van der Waals surface area contributed by atoms with E-state index in [0.717, 1.165) is 29.6 Å². The third-order valence-electron chi connectivity index (χ3n) is 5.27. The highest BCUT2D eigenvalue weighted by Gasteiger charge is 2.56. The second kappa shape index (κ2) is 2.74. The van der Waals surface area contributed by atoms with Crippen molar-refractivity contribution < 1.29 is 0 Å². The van der Waals surface area contributed by atoms with E-state index in [0.29, 0.717) is 5.41 Å². The molecule has 0 heteroatoms. The van der Waals surface area contributed by atoms with Crippen molar-refractivity contribution >= 4 is 0 Å². The molecule has 0 N–H and O–H groups in total. The molecule has 13 heavy (non-hydrogen) atoms. The summed E-state index contributed by atoms with van der Waals surface area (Å²) < 4.78 is 0. The molecule has 1 unspecified atom stereocenters. The fraction of sp³-hybridized carbons (Fsp3) is 1.00. The van der Waals surface area contributed by atoms with Crippen LogP contribution in [0.2, 0.25) is 0 Å². The molecule has 0 aromatic rings. The Morgan fingerprint density at radius 2 is 1.77 bits per heavy atom. The molecule has 76 valence electrons. The van der Waals surface area contributed by atoms with Gasteiger partial charge in [0.2, 0.25) is 0 Å². The number of rotatable bonds is 1. The second-order valence-corrected chi connectivity index (χ2v) is 6.36. The lowest BCUT2D eigenvalue weighted by Gasteiger charge is -2.63. The minimum Gasteiger partial charge on any atom is -0.0625 e. The van der Waals surface area contributed by atoms with Crippen LogP contribution in [-0.4, -0.2) is 0 Å². The van der Waals surface area contributed by atoms with Crippen LogP contribution in [0.1, 0.15) is 47.5 Å². The first kappa shape index (κ1) is 9.55. The average Bonchev–Trinajstić information content (AvgIpc) is 2.02. The van der Waals surface area contributed by atoms with Crippen LogP contribution in [0.3, 0.4) is 0 Å². The molecule has 4 atom stereocenters. The number of hydrogen-bond donors (Lipinski definition) is 0. The molecule has 0 radical (unpaired) electrons. The van der Waals surface area contributed by atoms with Gasteiger partial charge in [-0.15, -0.1) is 0 Å². The molecular weight excluding hydrogens is 156 g/mol. The second-order valence-electron chi connectivity index (χ2n) is 6.36. The van der Waals surface area contributed by atoms with Gasteiger partial charge < -0.3 is 0 Å². The standard InChI is InChI=1S/C13H24/c1-8(2)11-6-10-7-12(9(11)3)13(10,4)5/h8-12H,6-7H2,1-5H3/t9-,10-,11-,12?/m0/s1. The van der Waals surface area contributed by atoms with Crippen molar-refractivity contribution in [1.29, 1.82) is 0 Å². The number of fused-ring (bicyclic) bond motifs is 2. The van der Waals surface area contributed by atoms with E-state index in [2.05, 4.69) is 34.6 Å². The first-order valence-electron chi connectivity index (χ1n) is 5.94. The van der Waals surface area contributed by atoms with Crippen molar-refractivity contribution in [1.82, 2.24) is 0 Å². The Kier molecular flexibility index (Phi) is 2.02. The van der Waals surface area contributed by atoms with E-state index in [1.54, 1.807) is 0 Å². The summed E-state index contributed by atoms with van der Waals surface area (Å²) >= 11 is 0. The molecule has 0 aromatic heterocycles. The van der Waals surface area contributed by atoms with Crippen LogP contribution in [0.15, 0.2) is 0 Å². The molecule has 3 aliphatic carbocycles. The van der Waals surface area contributed by atoms with E-state index in [9.17, 15) is 0 Å². The van der Waals surface area contributed by atoms with Crippen LogP contribution in [-0.2, 0) is 0 Å². The Bertz CT molecular complexity index is 200. The summed E-state index contributed by atoms with van der Waals surface area (Å²) in [5.74, 6) is 4.95. The molecule has 3 saturated carbocycles. The first-order valence-corrected chi connectivity index (χ1v) is 5.94. The summed E-state index contributed by atoms with van der Waals surface area (Å²) in [5.41, 5.74) is 0.671. The Morgan fingerprint density at radius 3 is 2.15 bits per heavy atom. The summed E-state index contributed by atoms with van der Waals surface area (Å²) in [4.78, 5) is 0. The third-order valence-corrected chi connectivity index (χ3v) is 5.27. The fourth-order valence-corrected chi connectivity index (χ4v) is 4.07. The first-order chi connectivity index (χ1) is 5.94. The quantitative estimate of drug-likeness (QED) is 0.573. The number of hydrogen-bond acceptors (Lipinski definition) is 0. The van der Waals surface area contributed by atoms with Gasteiger partial charge in [0.05, 0.1) is 0 Å². The Morgan fingerprint density at radius 1 is 1.15 bits per heavy atom. The SMILES string of the molecule is CC(C)[C@@H]1C[C@H]2CC([C@H]1C)C2(C)C. The van der Waals surface area contributed by atoms with Crippen LogP contribution in [0.25, 0.3) is 0 Å². The van der Waals surface area contributed by atoms with Gasteiger partial charge in [-0.05, 0) is 47.8 Å². The Balaban J connectivity index is 2.12. The van der Waals surface area contributed by atoms with Gasteiger partial charge in [0, 0.05) is 0 Å². The molecule has 0 spiro atoms. The maximum atomic E-state index is 2.49. The predicted octanol–water partition coefficient (Wildman–Crippen LogP) is 3.96. The van der Waals surface area contributed by atoms with Crippen LogP contribution in [0.5, 0.6) is 0 Å². The molecule has 2 bridgehead atoms. The van der Waals surface area contributed by atoms with Gasteiger partial charge in [-0.2, -0.15) is 0 Å². The van der Waals surface area contributed by atoms with Crippen molar-refractivity contribution in [2.75, 3.05) is 0 Å². The molecule has 0 nitrogen and oxygen atoms in total. The van der Waals surface area contributed by atoms with Crippen molar-refractivity contribution in [2.24, 2.45) is 35.0 Å². The van der Waals surface area contributed by atoms with E-state index < -0.39 is 0 Å². The van der Waals surface area contributed by atoms with Gasteiger partial charge in [0.25, 0.3) is 0 Å². The van der Waals surface area contributed by atoms with E-state index in [1.165, 1.54) is 12.8 Å². The highest BCUT2D eigenvalue weighted by Crippen LogP contribution is 2.63. The zero-order valence-corrected chi connectivity index (χ0v) is 9.80. The van der Waals surface area contributed by atoms with Crippen molar-refractivity contribution in [2.45, 2.75) is 47.5 Å². The van der Waals surface area contributed by atoms with Gasteiger partial charge in [-0.3, -0.25) is 0 Å². The van der Waals surface area contributed by atoms with Gasteiger partial charge in [-0.1, -0.05) is 34.6 Å². The Hall–Kier alpha value is 0. The van der Waals surface area contributed by atoms with Gasteiger partial charge in [0.15, 0.2) is 0 Å². The summed E-state index contributed by atoms with van der Waals surface area (Å²) in [6.07, 6.45) is 3.03. The molecular formula is C13H24. The van der Waals surface area contributed by atoms with Crippen LogP contribution in [0.4, 0.5) is 0 Å². The van der Waals surface area contributed by atoms with E-state index in [4.69, 9.17) is 0 Å². The van der Waals surface area contributed by atoms with Gasteiger partial charge in [0.1, 0.15) is 0 Å². The maximum absolute atomic E-state index is 2.49. The van der Waals surface area contributed by atoms with Crippen molar-refractivity contribution in [3.63, 3.8) is 0 Å². The highest BCUT2D eigenvalue weighted by atomic mass is 14.6. The van der Waals surface area contributed by atoms with Crippen molar-refractivity contribution in [3.8, 4) is 0 Å². The lowest BCUT2D eigenvalue weighted by atomic mass is 9.42. The predicted molar refractivity (Wildman–Crippen MR) is 57.5 cm³/mol. The van der Waals surface area contributed by atoms with Gasteiger partial charge in [-0.25, -0.2) is 0 Å². The minimum atomic E-state index is 0.671. The smallest absolute Gasteiger partial charge is 0.0295 e. The summed E-state index contributed by atoms with van der Waals surface area (Å²) in [6.45, 7) is 12.3. The van der Waals surface area contributed by atoms with Gasteiger partial charge >= 0.3 is 0 Å².